The summed E-state index contributed by atoms with van der Waals surface area (Å²) in [6.45, 7) is 0.225. The molecule has 0 bridgehead atoms. The number of hydrogen-bond acceptors (Lipinski definition) is 4. The fourth-order valence-corrected chi connectivity index (χ4v) is 2.63. The maximum Gasteiger partial charge on any atom is 0.234 e. The number of ether oxygens (including phenoxy) is 1. The first kappa shape index (κ1) is 16.0. The molecule has 0 aliphatic carbocycles. The zero-order valence-corrected chi connectivity index (χ0v) is 13.6. The van der Waals surface area contributed by atoms with Crippen LogP contribution in [0.3, 0.4) is 0 Å². The van der Waals surface area contributed by atoms with Gasteiger partial charge in [-0.05, 0) is 42.5 Å². The van der Waals surface area contributed by atoms with Gasteiger partial charge in [0.1, 0.15) is 24.0 Å². The number of benzene rings is 2. The first-order valence-electron chi connectivity index (χ1n) is 7.86. The molecular formula is C19H14F2N4O. The highest BCUT2D eigenvalue weighted by molar-refractivity contribution is 5.75. The standard InChI is InChI=1S/C19H14F2N4O/c20-13-1-4-16(5-2-13)26-11-15-10-25-9-12(8-23-19(25)24-15)17-6-3-14(21)7-18(17)22/h1-10H,11,22H2. The molecule has 0 radical (unpaired) electrons. The minimum Gasteiger partial charge on any atom is -0.487 e. The number of rotatable bonds is 4. The highest BCUT2D eigenvalue weighted by Crippen LogP contribution is 2.26. The predicted molar refractivity (Wildman–Crippen MR) is 93.5 cm³/mol. The van der Waals surface area contributed by atoms with Crippen LogP contribution in [0.1, 0.15) is 5.69 Å². The summed E-state index contributed by atoms with van der Waals surface area (Å²) in [4.78, 5) is 8.68. The first-order chi connectivity index (χ1) is 12.6. The lowest BCUT2D eigenvalue weighted by molar-refractivity contribution is 0.301. The van der Waals surface area contributed by atoms with Gasteiger partial charge in [-0.1, -0.05) is 0 Å². The van der Waals surface area contributed by atoms with Crippen molar-refractivity contribution in [2.45, 2.75) is 6.61 Å². The summed E-state index contributed by atoms with van der Waals surface area (Å²) in [5.41, 5.74) is 8.34. The van der Waals surface area contributed by atoms with E-state index in [1.165, 1.54) is 24.3 Å². The lowest BCUT2D eigenvalue weighted by Crippen LogP contribution is -1.95. The SMILES string of the molecule is Nc1cc(F)ccc1-c1cnc2nc(COc3ccc(F)cc3)cn2c1. The van der Waals surface area contributed by atoms with Crippen LogP contribution in [0.2, 0.25) is 0 Å². The van der Waals surface area contributed by atoms with Crippen LogP contribution in [0.5, 0.6) is 5.75 Å². The summed E-state index contributed by atoms with van der Waals surface area (Å²) >= 11 is 0. The molecule has 2 aromatic carbocycles. The summed E-state index contributed by atoms with van der Waals surface area (Å²) in [5, 5.41) is 0. The zero-order valence-electron chi connectivity index (χ0n) is 13.6. The molecule has 0 aliphatic heterocycles. The number of imidazole rings is 1. The molecule has 0 fully saturated rings. The molecule has 0 spiro atoms. The Hall–Kier alpha value is -3.48. The van der Waals surface area contributed by atoms with Crippen molar-refractivity contribution in [2.24, 2.45) is 0 Å². The third-order valence-corrected chi connectivity index (χ3v) is 3.88. The van der Waals surface area contributed by atoms with Gasteiger partial charge in [0.25, 0.3) is 0 Å². The number of aromatic nitrogens is 3. The second-order valence-electron chi connectivity index (χ2n) is 5.76. The smallest absolute Gasteiger partial charge is 0.234 e. The topological polar surface area (TPSA) is 65.4 Å². The number of hydrogen-bond donors (Lipinski definition) is 1. The average molecular weight is 352 g/mol. The summed E-state index contributed by atoms with van der Waals surface area (Å²) in [6.07, 6.45) is 5.24. The van der Waals surface area contributed by atoms with Crippen molar-refractivity contribution in [1.29, 1.82) is 0 Å². The van der Waals surface area contributed by atoms with Crippen LogP contribution in [0.15, 0.2) is 61.1 Å². The minimum absolute atomic E-state index is 0.225. The van der Waals surface area contributed by atoms with E-state index in [1.807, 2.05) is 6.20 Å². The van der Waals surface area contributed by atoms with Crippen LogP contribution in [0.25, 0.3) is 16.9 Å². The van der Waals surface area contributed by atoms with Gasteiger partial charge in [-0.3, -0.25) is 4.40 Å². The number of fused-ring (bicyclic) bond motifs is 1. The molecule has 0 saturated carbocycles. The molecule has 130 valence electrons. The van der Waals surface area contributed by atoms with Crippen molar-refractivity contribution in [3.63, 3.8) is 0 Å². The van der Waals surface area contributed by atoms with E-state index < -0.39 is 0 Å². The van der Waals surface area contributed by atoms with E-state index in [9.17, 15) is 8.78 Å². The molecule has 0 unspecified atom stereocenters. The Morgan fingerprint density at radius 2 is 1.77 bits per heavy atom. The van der Waals surface area contributed by atoms with Gasteiger partial charge in [0.05, 0.1) is 5.69 Å². The van der Waals surface area contributed by atoms with Gasteiger partial charge in [0.15, 0.2) is 0 Å². The average Bonchev–Trinajstić information content (AvgIpc) is 3.03. The maximum atomic E-state index is 13.2. The van der Waals surface area contributed by atoms with Crippen LogP contribution >= 0.6 is 0 Å². The Labute approximate surface area is 147 Å². The Kier molecular flexibility index (Phi) is 3.96. The van der Waals surface area contributed by atoms with Gasteiger partial charge < -0.3 is 10.5 Å². The van der Waals surface area contributed by atoms with Crippen LogP contribution in [0.4, 0.5) is 14.5 Å². The van der Waals surface area contributed by atoms with E-state index in [0.717, 1.165) is 5.56 Å². The van der Waals surface area contributed by atoms with Crippen LogP contribution in [-0.4, -0.2) is 14.4 Å². The molecule has 0 aliphatic rings. The molecular weight excluding hydrogens is 338 g/mol. The van der Waals surface area contributed by atoms with E-state index in [0.29, 0.717) is 28.5 Å². The van der Waals surface area contributed by atoms with Crippen molar-refractivity contribution >= 4 is 11.5 Å². The third kappa shape index (κ3) is 3.19. The van der Waals surface area contributed by atoms with E-state index in [1.54, 1.807) is 35.0 Å². The highest BCUT2D eigenvalue weighted by Gasteiger charge is 2.08. The van der Waals surface area contributed by atoms with Crippen molar-refractivity contribution in [3.05, 3.63) is 78.4 Å². The van der Waals surface area contributed by atoms with Crippen molar-refractivity contribution in [1.82, 2.24) is 14.4 Å². The minimum atomic E-state index is -0.386. The van der Waals surface area contributed by atoms with E-state index in [2.05, 4.69) is 9.97 Å². The number of nitrogens with two attached hydrogens (primary N) is 1. The van der Waals surface area contributed by atoms with Gasteiger partial charge >= 0.3 is 0 Å². The Morgan fingerprint density at radius 3 is 2.54 bits per heavy atom. The molecule has 2 heterocycles. The zero-order chi connectivity index (χ0) is 18.1. The van der Waals surface area contributed by atoms with Gasteiger partial charge in [-0.2, -0.15) is 0 Å². The second kappa shape index (κ2) is 6.44. The predicted octanol–water partition coefficient (Wildman–Crippen LogP) is 3.84. The number of nitrogen functional groups attached to an aromatic ring is 1. The van der Waals surface area contributed by atoms with Gasteiger partial charge in [0, 0.05) is 35.4 Å². The van der Waals surface area contributed by atoms with Gasteiger partial charge in [-0.25, -0.2) is 18.7 Å². The lowest BCUT2D eigenvalue weighted by Gasteiger charge is -2.05. The molecule has 2 N–H and O–H groups in total. The van der Waals surface area contributed by atoms with E-state index in [4.69, 9.17) is 10.5 Å². The van der Waals surface area contributed by atoms with Crippen LogP contribution in [0, 0.1) is 11.6 Å². The molecule has 2 aromatic heterocycles. The monoisotopic (exact) mass is 352 g/mol. The van der Waals surface area contributed by atoms with Crippen LogP contribution < -0.4 is 10.5 Å². The second-order valence-corrected chi connectivity index (χ2v) is 5.76. The molecule has 4 aromatic rings. The van der Waals surface area contributed by atoms with E-state index >= 15 is 0 Å². The quantitative estimate of drug-likeness (QED) is 0.567. The molecule has 26 heavy (non-hydrogen) atoms. The van der Waals surface area contributed by atoms with Crippen molar-refractivity contribution in [2.75, 3.05) is 5.73 Å². The largest absolute Gasteiger partial charge is 0.487 e. The van der Waals surface area contributed by atoms with Crippen LogP contribution in [-0.2, 0) is 6.61 Å². The summed E-state index contributed by atoms with van der Waals surface area (Å²) in [7, 11) is 0. The normalized spacial score (nSPS) is 11.0. The molecule has 5 nitrogen and oxygen atoms in total. The fourth-order valence-electron chi connectivity index (χ4n) is 2.63. The molecule has 0 saturated heterocycles. The summed E-state index contributed by atoms with van der Waals surface area (Å²) in [6, 6.07) is 10.0. The molecule has 0 amide bonds. The van der Waals surface area contributed by atoms with Gasteiger partial charge in [-0.15, -0.1) is 0 Å². The van der Waals surface area contributed by atoms with E-state index in [-0.39, 0.29) is 18.2 Å². The lowest BCUT2D eigenvalue weighted by atomic mass is 10.1. The molecule has 7 heteroatoms. The Balaban J connectivity index is 1.58. The van der Waals surface area contributed by atoms with Gasteiger partial charge in [0.2, 0.25) is 5.78 Å². The Bertz CT molecular complexity index is 1080. The fraction of sp³-hybridized carbons (Fsp3) is 0.0526. The summed E-state index contributed by atoms with van der Waals surface area (Å²) in [5.74, 6) is 0.355. The summed E-state index contributed by atoms with van der Waals surface area (Å²) < 4.78 is 33.5. The number of anilines is 1. The number of nitrogens with zero attached hydrogens (tertiary/aromatic N) is 3. The number of halogens is 2. The first-order valence-corrected chi connectivity index (χ1v) is 7.86. The molecule has 0 atom stereocenters. The van der Waals surface area contributed by atoms with Crippen molar-refractivity contribution < 1.29 is 13.5 Å². The highest BCUT2D eigenvalue weighted by atomic mass is 19.1. The van der Waals surface area contributed by atoms with Crippen molar-refractivity contribution in [3.8, 4) is 16.9 Å². The molecule has 4 rings (SSSR count). The third-order valence-electron chi connectivity index (χ3n) is 3.88. The Morgan fingerprint density at radius 1 is 1.00 bits per heavy atom. The maximum absolute atomic E-state index is 13.2.